The molecule has 8 aromatic carbocycles. The minimum Gasteiger partial charge on any atom is -0.311 e. The fraction of sp³-hybridized carbons (Fsp3) is 0. The second kappa shape index (κ2) is 14.2. The van der Waals surface area contributed by atoms with E-state index in [0.717, 1.165) is 39.7 Å². The molecular weight excluding hydrogens is 605 g/mol. The lowest BCUT2D eigenvalue weighted by Gasteiger charge is -2.27. The van der Waals surface area contributed by atoms with Crippen LogP contribution in [0.4, 0.5) is 34.1 Å². The van der Waals surface area contributed by atoms with Crippen molar-refractivity contribution in [2.45, 2.75) is 0 Å². The maximum absolute atomic E-state index is 2.35. The lowest BCUT2D eigenvalue weighted by Crippen LogP contribution is -2.10. The average Bonchev–Trinajstić information content (AvgIpc) is 3.20. The molecule has 0 saturated carbocycles. The van der Waals surface area contributed by atoms with E-state index in [4.69, 9.17) is 0 Å². The van der Waals surface area contributed by atoms with Crippen molar-refractivity contribution < 1.29 is 0 Å². The molecule has 0 N–H and O–H groups in total. The summed E-state index contributed by atoms with van der Waals surface area (Å²) in [6.07, 6.45) is 0. The first-order valence-corrected chi connectivity index (χ1v) is 17.0. The van der Waals surface area contributed by atoms with Gasteiger partial charge in [-0.05, 0) is 106 Å². The van der Waals surface area contributed by atoms with Gasteiger partial charge in [-0.2, -0.15) is 0 Å². The maximum atomic E-state index is 2.35. The Morgan fingerprint density at radius 2 is 0.520 bits per heavy atom. The average molecular weight is 641 g/mol. The molecule has 0 amide bonds. The summed E-state index contributed by atoms with van der Waals surface area (Å²) in [4.78, 5) is 4.63. The number of para-hydroxylation sites is 4. The van der Waals surface area contributed by atoms with Crippen molar-refractivity contribution >= 4 is 34.1 Å². The summed E-state index contributed by atoms with van der Waals surface area (Å²) >= 11 is 0. The summed E-state index contributed by atoms with van der Waals surface area (Å²) in [5.41, 5.74) is 13.8. The topological polar surface area (TPSA) is 6.48 Å². The highest BCUT2D eigenvalue weighted by Gasteiger charge is 2.19. The van der Waals surface area contributed by atoms with Crippen molar-refractivity contribution in [1.29, 1.82) is 0 Å². The van der Waals surface area contributed by atoms with Crippen LogP contribution in [0.15, 0.2) is 218 Å². The standard InChI is InChI=1S/C48H36N2/c1-6-18-37(19-7-1)45-28-16-17-29-47(45)48-36-44(50(41-24-12-4-13-25-41)42-26-14-5-15-27-42)34-35-46(48)38-30-32-43(33-31-38)49(39-20-8-2-9-21-39)40-22-10-3-11-23-40/h1-36H. The Balaban J connectivity index is 1.30. The van der Waals surface area contributed by atoms with E-state index < -0.39 is 0 Å². The van der Waals surface area contributed by atoms with Gasteiger partial charge >= 0.3 is 0 Å². The second-order valence-corrected chi connectivity index (χ2v) is 12.2. The van der Waals surface area contributed by atoms with Crippen LogP contribution in [0.1, 0.15) is 0 Å². The Kier molecular flexibility index (Phi) is 8.73. The maximum Gasteiger partial charge on any atom is 0.0468 e. The fourth-order valence-corrected chi connectivity index (χ4v) is 6.73. The van der Waals surface area contributed by atoms with Crippen LogP contribution in [0.3, 0.4) is 0 Å². The Labute approximate surface area is 294 Å². The highest BCUT2D eigenvalue weighted by molar-refractivity contribution is 5.95. The Bertz CT molecular complexity index is 2210. The Hall–Kier alpha value is -6.64. The molecule has 0 fully saturated rings. The van der Waals surface area contributed by atoms with Crippen LogP contribution >= 0.6 is 0 Å². The van der Waals surface area contributed by atoms with Gasteiger partial charge in [-0.1, -0.05) is 146 Å². The molecular formula is C48H36N2. The lowest BCUT2D eigenvalue weighted by molar-refractivity contribution is 1.28. The molecule has 8 rings (SSSR count). The minimum atomic E-state index is 1.10. The fourth-order valence-electron chi connectivity index (χ4n) is 6.73. The van der Waals surface area contributed by atoms with Crippen molar-refractivity contribution in [3.63, 3.8) is 0 Å². The van der Waals surface area contributed by atoms with E-state index in [2.05, 4.69) is 228 Å². The molecule has 0 aliphatic carbocycles. The SMILES string of the molecule is c1ccc(-c2ccccc2-c2cc(N(c3ccccc3)c3ccccc3)ccc2-c2ccc(N(c3ccccc3)c3ccccc3)cc2)cc1. The number of hydrogen-bond donors (Lipinski definition) is 0. The van der Waals surface area contributed by atoms with Crippen LogP contribution in [0, 0.1) is 0 Å². The summed E-state index contributed by atoms with van der Waals surface area (Å²) in [5, 5.41) is 0. The lowest BCUT2D eigenvalue weighted by atomic mass is 9.88. The van der Waals surface area contributed by atoms with Gasteiger partial charge in [0.25, 0.3) is 0 Å². The molecule has 2 heteroatoms. The number of benzene rings is 8. The molecule has 0 aromatic heterocycles. The number of rotatable bonds is 9. The van der Waals surface area contributed by atoms with E-state index in [1.807, 2.05) is 0 Å². The van der Waals surface area contributed by atoms with Crippen LogP contribution < -0.4 is 9.80 Å². The molecule has 50 heavy (non-hydrogen) atoms. The molecule has 8 aromatic rings. The number of nitrogens with zero attached hydrogens (tertiary/aromatic N) is 2. The third-order valence-corrected chi connectivity index (χ3v) is 9.06. The van der Waals surface area contributed by atoms with Crippen molar-refractivity contribution in [3.8, 4) is 33.4 Å². The summed E-state index contributed by atoms with van der Waals surface area (Å²) in [5.74, 6) is 0. The molecule has 0 saturated heterocycles. The van der Waals surface area contributed by atoms with Crippen LogP contribution in [0.5, 0.6) is 0 Å². The van der Waals surface area contributed by atoms with E-state index in [1.165, 1.54) is 27.8 Å². The van der Waals surface area contributed by atoms with Gasteiger partial charge in [0.1, 0.15) is 0 Å². The smallest absolute Gasteiger partial charge is 0.0468 e. The number of hydrogen-bond acceptors (Lipinski definition) is 2. The predicted molar refractivity (Wildman–Crippen MR) is 212 cm³/mol. The molecule has 2 nitrogen and oxygen atoms in total. The monoisotopic (exact) mass is 640 g/mol. The molecule has 0 aliphatic heterocycles. The third kappa shape index (κ3) is 6.31. The molecule has 0 spiro atoms. The molecule has 0 aliphatic rings. The van der Waals surface area contributed by atoms with E-state index in [1.54, 1.807) is 0 Å². The van der Waals surface area contributed by atoms with Gasteiger partial charge in [0.15, 0.2) is 0 Å². The molecule has 238 valence electrons. The highest BCUT2D eigenvalue weighted by Crippen LogP contribution is 2.44. The Morgan fingerprint density at radius 3 is 1.00 bits per heavy atom. The van der Waals surface area contributed by atoms with Crippen molar-refractivity contribution in [2.24, 2.45) is 0 Å². The molecule has 0 atom stereocenters. The van der Waals surface area contributed by atoms with Gasteiger partial charge in [0.05, 0.1) is 0 Å². The second-order valence-electron chi connectivity index (χ2n) is 12.2. The van der Waals surface area contributed by atoms with Gasteiger partial charge in [0, 0.05) is 34.1 Å². The zero-order valence-corrected chi connectivity index (χ0v) is 27.7. The first-order valence-electron chi connectivity index (χ1n) is 17.0. The molecule has 0 bridgehead atoms. The zero-order chi connectivity index (χ0) is 33.5. The van der Waals surface area contributed by atoms with E-state index in [0.29, 0.717) is 0 Å². The normalized spacial score (nSPS) is 10.8. The van der Waals surface area contributed by atoms with Crippen LogP contribution in [-0.4, -0.2) is 0 Å². The third-order valence-electron chi connectivity index (χ3n) is 9.06. The zero-order valence-electron chi connectivity index (χ0n) is 27.7. The van der Waals surface area contributed by atoms with E-state index >= 15 is 0 Å². The highest BCUT2D eigenvalue weighted by atomic mass is 15.1. The van der Waals surface area contributed by atoms with Gasteiger partial charge in [0.2, 0.25) is 0 Å². The number of anilines is 6. The molecule has 0 heterocycles. The first-order chi connectivity index (χ1) is 24.8. The largest absolute Gasteiger partial charge is 0.311 e. The van der Waals surface area contributed by atoms with Crippen molar-refractivity contribution in [2.75, 3.05) is 9.80 Å². The Morgan fingerprint density at radius 1 is 0.200 bits per heavy atom. The van der Waals surface area contributed by atoms with Gasteiger partial charge in [-0.15, -0.1) is 0 Å². The van der Waals surface area contributed by atoms with Crippen LogP contribution in [0.2, 0.25) is 0 Å². The van der Waals surface area contributed by atoms with Crippen LogP contribution in [0.25, 0.3) is 33.4 Å². The van der Waals surface area contributed by atoms with Gasteiger partial charge in [-0.25, -0.2) is 0 Å². The molecule has 0 unspecified atom stereocenters. The molecule has 0 radical (unpaired) electrons. The van der Waals surface area contributed by atoms with Gasteiger partial charge < -0.3 is 9.80 Å². The van der Waals surface area contributed by atoms with Crippen LogP contribution in [-0.2, 0) is 0 Å². The summed E-state index contributed by atoms with van der Waals surface area (Å²) in [6.45, 7) is 0. The summed E-state index contributed by atoms with van der Waals surface area (Å²) in [6, 6.07) is 77.6. The van der Waals surface area contributed by atoms with Crippen molar-refractivity contribution in [3.05, 3.63) is 218 Å². The minimum absolute atomic E-state index is 1.10. The summed E-state index contributed by atoms with van der Waals surface area (Å²) in [7, 11) is 0. The summed E-state index contributed by atoms with van der Waals surface area (Å²) < 4.78 is 0. The first kappa shape index (κ1) is 30.7. The van der Waals surface area contributed by atoms with Gasteiger partial charge in [-0.3, -0.25) is 0 Å². The predicted octanol–water partition coefficient (Wildman–Crippen LogP) is 13.6. The quantitative estimate of drug-likeness (QED) is 0.155. The van der Waals surface area contributed by atoms with E-state index in [-0.39, 0.29) is 0 Å². The van der Waals surface area contributed by atoms with Crippen molar-refractivity contribution in [1.82, 2.24) is 0 Å². The van der Waals surface area contributed by atoms with E-state index in [9.17, 15) is 0 Å².